The third kappa shape index (κ3) is 3.28. The van der Waals surface area contributed by atoms with Crippen molar-refractivity contribution < 1.29 is 9.72 Å². The van der Waals surface area contributed by atoms with E-state index in [1.807, 2.05) is 6.07 Å². The Balaban J connectivity index is 3.15. The molecule has 0 radical (unpaired) electrons. The highest BCUT2D eigenvalue weighted by Gasteiger charge is 2.15. The van der Waals surface area contributed by atoms with E-state index in [0.29, 0.717) is 5.56 Å². The van der Waals surface area contributed by atoms with Gasteiger partial charge in [0.25, 0.3) is 5.69 Å². The maximum absolute atomic E-state index is 10.8. The molecule has 1 amide bonds. The van der Waals surface area contributed by atoms with Crippen LogP contribution >= 0.6 is 0 Å². The quantitative estimate of drug-likeness (QED) is 0.626. The van der Waals surface area contributed by atoms with Gasteiger partial charge in [-0.05, 0) is 17.5 Å². The molecule has 17 heavy (non-hydrogen) atoms. The monoisotopic (exact) mass is 233 g/mol. The third-order valence-electron chi connectivity index (χ3n) is 2.36. The molecule has 0 heterocycles. The molecular formula is C11H11N3O3. The van der Waals surface area contributed by atoms with Crippen LogP contribution in [0.3, 0.4) is 0 Å². The summed E-state index contributed by atoms with van der Waals surface area (Å²) in [4.78, 5) is 20.9. The highest BCUT2D eigenvalue weighted by Crippen LogP contribution is 2.25. The number of nitriles is 1. The van der Waals surface area contributed by atoms with E-state index >= 15 is 0 Å². The summed E-state index contributed by atoms with van der Waals surface area (Å²) >= 11 is 0. The molecule has 0 aliphatic heterocycles. The Morgan fingerprint density at radius 3 is 2.71 bits per heavy atom. The van der Waals surface area contributed by atoms with Gasteiger partial charge in [0.05, 0.1) is 16.6 Å². The Bertz CT molecular complexity index is 505. The summed E-state index contributed by atoms with van der Waals surface area (Å²) in [6.07, 6.45) is 0.0893. The minimum absolute atomic E-state index is 0.0893. The van der Waals surface area contributed by atoms with Gasteiger partial charge in [-0.15, -0.1) is 0 Å². The molecule has 1 aromatic rings. The first-order valence-electron chi connectivity index (χ1n) is 4.92. The summed E-state index contributed by atoms with van der Waals surface area (Å²) < 4.78 is 0. The van der Waals surface area contributed by atoms with Gasteiger partial charge in [0.1, 0.15) is 0 Å². The van der Waals surface area contributed by atoms with E-state index in [1.54, 1.807) is 6.92 Å². The van der Waals surface area contributed by atoms with Crippen LogP contribution in [-0.2, 0) is 4.79 Å². The second kappa shape index (κ2) is 5.07. The van der Waals surface area contributed by atoms with Crippen molar-refractivity contribution >= 4 is 11.6 Å². The molecule has 88 valence electrons. The summed E-state index contributed by atoms with van der Waals surface area (Å²) in [5.74, 6) is -0.734. The minimum atomic E-state index is -0.568. The fourth-order valence-corrected chi connectivity index (χ4v) is 1.51. The maximum Gasteiger partial charge on any atom is 0.271 e. The summed E-state index contributed by atoms with van der Waals surface area (Å²) in [5.41, 5.74) is 5.67. The van der Waals surface area contributed by atoms with Gasteiger partial charge in [-0.2, -0.15) is 5.26 Å². The lowest BCUT2D eigenvalue weighted by Crippen LogP contribution is -2.13. The Labute approximate surface area is 97.8 Å². The summed E-state index contributed by atoms with van der Waals surface area (Å²) in [7, 11) is 0. The molecule has 1 rings (SSSR count). The minimum Gasteiger partial charge on any atom is -0.370 e. The molecule has 6 heteroatoms. The van der Waals surface area contributed by atoms with Crippen LogP contribution in [0.25, 0.3) is 0 Å². The van der Waals surface area contributed by atoms with Crippen LogP contribution in [0.2, 0.25) is 0 Å². The van der Waals surface area contributed by atoms with Crippen molar-refractivity contribution in [3.63, 3.8) is 0 Å². The van der Waals surface area contributed by atoms with Crippen LogP contribution in [0.5, 0.6) is 0 Å². The van der Waals surface area contributed by atoms with Crippen LogP contribution in [0, 0.1) is 21.4 Å². The Hall–Kier alpha value is -2.42. The molecule has 2 N–H and O–H groups in total. The zero-order chi connectivity index (χ0) is 13.0. The van der Waals surface area contributed by atoms with Gasteiger partial charge >= 0.3 is 0 Å². The molecule has 0 fully saturated rings. The molecule has 0 aliphatic rings. The zero-order valence-electron chi connectivity index (χ0n) is 9.21. The number of hydrogen-bond donors (Lipinski definition) is 1. The van der Waals surface area contributed by atoms with Crippen molar-refractivity contribution in [2.24, 2.45) is 5.73 Å². The molecule has 1 aromatic carbocycles. The van der Waals surface area contributed by atoms with E-state index in [2.05, 4.69) is 0 Å². The fourth-order valence-electron chi connectivity index (χ4n) is 1.51. The molecule has 1 atom stereocenters. The first-order valence-corrected chi connectivity index (χ1v) is 4.92. The van der Waals surface area contributed by atoms with Crippen molar-refractivity contribution in [1.29, 1.82) is 5.26 Å². The first-order chi connectivity index (χ1) is 7.93. The van der Waals surface area contributed by atoms with E-state index in [4.69, 9.17) is 11.0 Å². The highest BCUT2D eigenvalue weighted by molar-refractivity contribution is 5.74. The van der Waals surface area contributed by atoms with Gasteiger partial charge < -0.3 is 5.73 Å². The number of rotatable bonds is 4. The summed E-state index contributed by atoms with van der Waals surface area (Å²) in [6, 6.07) is 5.93. The molecule has 0 saturated heterocycles. The van der Waals surface area contributed by atoms with Gasteiger partial charge in [-0.3, -0.25) is 14.9 Å². The normalized spacial score (nSPS) is 11.5. The topological polar surface area (TPSA) is 110 Å². The number of hydrogen-bond acceptors (Lipinski definition) is 4. The predicted octanol–water partition coefficient (Wildman–Crippen LogP) is 1.45. The molecular weight excluding hydrogens is 222 g/mol. The van der Waals surface area contributed by atoms with Crippen molar-refractivity contribution in [3.05, 3.63) is 39.4 Å². The van der Waals surface area contributed by atoms with E-state index in [1.165, 1.54) is 18.2 Å². The smallest absolute Gasteiger partial charge is 0.271 e. The fraction of sp³-hybridized carbons (Fsp3) is 0.273. The SMILES string of the molecule is CC(CC(N)=O)c1cc(C#N)cc([N+](=O)[O-])c1. The molecule has 1 unspecified atom stereocenters. The second-order valence-corrected chi connectivity index (χ2v) is 3.75. The van der Waals surface area contributed by atoms with Gasteiger partial charge in [0.2, 0.25) is 5.91 Å². The number of nitrogens with zero attached hydrogens (tertiary/aromatic N) is 2. The van der Waals surface area contributed by atoms with E-state index in [9.17, 15) is 14.9 Å². The highest BCUT2D eigenvalue weighted by atomic mass is 16.6. The van der Waals surface area contributed by atoms with E-state index in [0.717, 1.165) is 0 Å². The zero-order valence-corrected chi connectivity index (χ0v) is 9.21. The van der Waals surface area contributed by atoms with Gasteiger partial charge in [-0.25, -0.2) is 0 Å². The number of nitro groups is 1. The molecule has 0 saturated carbocycles. The van der Waals surface area contributed by atoms with Gasteiger partial charge in [0.15, 0.2) is 0 Å². The Kier molecular flexibility index (Phi) is 3.78. The van der Waals surface area contributed by atoms with Crippen molar-refractivity contribution in [2.45, 2.75) is 19.3 Å². The molecule has 6 nitrogen and oxygen atoms in total. The van der Waals surface area contributed by atoms with E-state index in [-0.39, 0.29) is 23.6 Å². The summed E-state index contributed by atoms with van der Waals surface area (Å²) in [6.45, 7) is 1.73. The van der Waals surface area contributed by atoms with Gasteiger partial charge in [-0.1, -0.05) is 6.92 Å². The third-order valence-corrected chi connectivity index (χ3v) is 2.36. The lowest BCUT2D eigenvalue weighted by Gasteiger charge is -2.09. The van der Waals surface area contributed by atoms with Crippen LogP contribution in [-0.4, -0.2) is 10.8 Å². The standard InChI is InChI=1S/C11H11N3O3/c1-7(2-11(13)15)9-3-8(6-12)4-10(5-9)14(16)17/h3-5,7H,2H2,1H3,(H2,13,15). The number of amides is 1. The van der Waals surface area contributed by atoms with Crippen molar-refractivity contribution in [3.8, 4) is 6.07 Å². The number of primary amides is 1. The van der Waals surface area contributed by atoms with E-state index < -0.39 is 10.8 Å². The Morgan fingerprint density at radius 2 is 2.24 bits per heavy atom. The predicted molar refractivity (Wildman–Crippen MR) is 60.0 cm³/mol. The molecule has 0 spiro atoms. The van der Waals surface area contributed by atoms with Crippen LogP contribution in [0.4, 0.5) is 5.69 Å². The molecule has 0 aromatic heterocycles. The van der Waals surface area contributed by atoms with Crippen molar-refractivity contribution in [2.75, 3.05) is 0 Å². The van der Waals surface area contributed by atoms with Crippen LogP contribution in [0.15, 0.2) is 18.2 Å². The number of carbonyl (C=O) groups is 1. The lowest BCUT2D eigenvalue weighted by molar-refractivity contribution is -0.385. The molecule has 0 aliphatic carbocycles. The average Bonchev–Trinajstić information content (AvgIpc) is 2.27. The first kappa shape index (κ1) is 12.6. The van der Waals surface area contributed by atoms with Gasteiger partial charge in [0, 0.05) is 18.6 Å². The van der Waals surface area contributed by atoms with Crippen LogP contribution in [0.1, 0.15) is 30.4 Å². The number of nitrogens with two attached hydrogens (primary N) is 1. The number of nitro benzene ring substituents is 1. The molecule has 0 bridgehead atoms. The van der Waals surface area contributed by atoms with Crippen molar-refractivity contribution in [1.82, 2.24) is 0 Å². The number of non-ortho nitro benzene ring substituents is 1. The largest absolute Gasteiger partial charge is 0.370 e. The van der Waals surface area contributed by atoms with Crippen LogP contribution < -0.4 is 5.73 Å². The Morgan fingerprint density at radius 1 is 1.59 bits per heavy atom. The average molecular weight is 233 g/mol. The second-order valence-electron chi connectivity index (χ2n) is 3.75. The lowest BCUT2D eigenvalue weighted by atomic mass is 9.95. The summed E-state index contributed by atoms with van der Waals surface area (Å²) in [5, 5.41) is 19.4. The number of benzene rings is 1. The number of carbonyl (C=O) groups excluding carboxylic acids is 1. The maximum atomic E-state index is 10.8.